The molecule has 0 unspecified atom stereocenters. The Morgan fingerprint density at radius 2 is 1.88 bits per heavy atom. The van der Waals surface area contributed by atoms with Crippen LogP contribution in [0.3, 0.4) is 0 Å². The Kier molecular flexibility index (Phi) is 8.17. The van der Waals surface area contributed by atoms with Crippen molar-refractivity contribution in [3.05, 3.63) is 0 Å². The number of rotatable bonds is 2. The summed E-state index contributed by atoms with van der Waals surface area (Å²) in [6.45, 7) is 1.65. The van der Waals surface area contributed by atoms with Crippen LogP contribution in [0.5, 0.6) is 0 Å². The average molecular weight is 162 g/mol. The van der Waals surface area contributed by atoms with Crippen LogP contribution in [0.2, 0.25) is 0 Å². The maximum absolute atomic E-state index is 9.68. The first kappa shape index (κ1) is 12.2. The predicted octanol–water partition coefficient (Wildman–Crippen LogP) is -3.05. The maximum Gasteiger partial charge on any atom is 1.00 e. The van der Waals surface area contributed by atoms with Crippen LogP contribution >= 0.6 is 0 Å². The SMILES string of the molecule is CCCS(=O)(=O)[O-].[K+]. The van der Waals surface area contributed by atoms with Gasteiger partial charge in [-0.2, -0.15) is 0 Å². The van der Waals surface area contributed by atoms with Gasteiger partial charge in [-0.15, -0.1) is 0 Å². The summed E-state index contributed by atoms with van der Waals surface area (Å²) >= 11 is 0. The molecule has 0 spiro atoms. The van der Waals surface area contributed by atoms with Crippen molar-refractivity contribution in [2.24, 2.45) is 0 Å². The van der Waals surface area contributed by atoms with Crippen LogP contribution in [-0.4, -0.2) is 18.7 Å². The third-order valence-electron chi connectivity index (χ3n) is 0.454. The zero-order valence-corrected chi connectivity index (χ0v) is 8.99. The van der Waals surface area contributed by atoms with E-state index in [-0.39, 0.29) is 57.1 Å². The van der Waals surface area contributed by atoms with E-state index in [9.17, 15) is 13.0 Å². The summed E-state index contributed by atoms with van der Waals surface area (Å²) < 4.78 is 29.0. The second kappa shape index (κ2) is 5.34. The summed E-state index contributed by atoms with van der Waals surface area (Å²) in [4.78, 5) is 0. The molecular weight excluding hydrogens is 155 g/mol. The molecule has 0 aliphatic rings. The monoisotopic (exact) mass is 162 g/mol. The second-order valence-electron chi connectivity index (χ2n) is 1.26. The molecule has 8 heavy (non-hydrogen) atoms. The van der Waals surface area contributed by atoms with E-state index < -0.39 is 10.1 Å². The van der Waals surface area contributed by atoms with Crippen molar-refractivity contribution in [3.63, 3.8) is 0 Å². The summed E-state index contributed by atoms with van der Waals surface area (Å²) in [6.07, 6.45) is 0.409. The van der Waals surface area contributed by atoms with Crippen molar-refractivity contribution < 1.29 is 64.4 Å². The van der Waals surface area contributed by atoms with Gasteiger partial charge in [0.1, 0.15) is 0 Å². The van der Waals surface area contributed by atoms with Crippen LogP contribution in [0, 0.1) is 0 Å². The standard InChI is InChI=1S/C3H8O3S.K/c1-2-3-7(4,5)6;/h2-3H2,1H3,(H,4,5,6);/q;+1/p-1. The minimum atomic E-state index is -3.92. The quantitative estimate of drug-likeness (QED) is 0.320. The molecule has 0 aromatic heterocycles. The molecule has 0 heterocycles. The van der Waals surface area contributed by atoms with Gasteiger partial charge in [-0.1, -0.05) is 6.92 Å². The van der Waals surface area contributed by atoms with E-state index in [1.54, 1.807) is 6.92 Å². The van der Waals surface area contributed by atoms with Gasteiger partial charge in [-0.05, 0) is 6.42 Å². The minimum Gasteiger partial charge on any atom is -0.748 e. The molecule has 0 N–H and O–H groups in total. The Balaban J connectivity index is 0. The Morgan fingerprint density at radius 1 is 1.50 bits per heavy atom. The van der Waals surface area contributed by atoms with Gasteiger partial charge >= 0.3 is 51.4 Å². The fourth-order valence-electron chi connectivity index (χ4n) is 0.250. The van der Waals surface area contributed by atoms with Gasteiger partial charge in [-0.3, -0.25) is 0 Å². The first-order valence-corrected chi connectivity index (χ1v) is 3.57. The van der Waals surface area contributed by atoms with Gasteiger partial charge in [0, 0.05) is 5.75 Å². The van der Waals surface area contributed by atoms with Gasteiger partial charge in [0.25, 0.3) is 0 Å². The van der Waals surface area contributed by atoms with Crippen LogP contribution in [0.1, 0.15) is 13.3 Å². The molecule has 0 aliphatic heterocycles. The average Bonchev–Trinajstić information content (AvgIpc) is 1.30. The molecule has 0 bridgehead atoms. The molecule has 0 fully saturated rings. The molecule has 0 aromatic carbocycles. The van der Waals surface area contributed by atoms with E-state index >= 15 is 0 Å². The topological polar surface area (TPSA) is 57.2 Å². The van der Waals surface area contributed by atoms with Crippen LogP contribution in [-0.2, 0) is 10.1 Å². The van der Waals surface area contributed by atoms with Crippen molar-refractivity contribution in [1.29, 1.82) is 0 Å². The Morgan fingerprint density at radius 3 is 1.88 bits per heavy atom. The summed E-state index contributed by atoms with van der Waals surface area (Å²) in [5.41, 5.74) is 0. The molecule has 44 valence electrons. The van der Waals surface area contributed by atoms with Crippen molar-refractivity contribution in [3.8, 4) is 0 Å². The normalized spacial score (nSPS) is 10.2. The zero-order valence-electron chi connectivity index (χ0n) is 5.05. The fourth-order valence-corrected chi connectivity index (χ4v) is 0.750. The van der Waals surface area contributed by atoms with Crippen LogP contribution in [0.25, 0.3) is 0 Å². The second-order valence-corrected chi connectivity index (χ2v) is 2.79. The molecule has 0 atom stereocenters. The van der Waals surface area contributed by atoms with Gasteiger partial charge < -0.3 is 4.55 Å². The molecule has 0 aromatic rings. The van der Waals surface area contributed by atoms with Gasteiger partial charge in [0.15, 0.2) is 0 Å². The van der Waals surface area contributed by atoms with E-state index in [2.05, 4.69) is 0 Å². The molecule has 0 radical (unpaired) electrons. The van der Waals surface area contributed by atoms with Crippen LogP contribution < -0.4 is 51.4 Å². The fraction of sp³-hybridized carbons (Fsp3) is 1.00. The van der Waals surface area contributed by atoms with Crippen molar-refractivity contribution in [2.75, 3.05) is 5.75 Å². The van der Waals surface area contributed by atoms with E-state index in [0.29, 0.717) is 6.42 Å². The number of hydrogen-bond acceptors (Lipinski definition) is 3. The Hall–Kier alpha value is 1.55. The molecule has 3 nitrogen and oxygen atoms in total. The first-order valence-electron chi connectivity index (χ1n) is 2.00. The van der Waals surface area contributed by atoms with Gasteiger partial charge in [0.2, 0.25) is 0 Å². The van der Waals surface area contributed by atoms with E-state index in [0.717, 1.165) is 0 Å². The zero-order chi connectivity index (χ0) is 5.91. The van der Waals surface area contributed by atoms with E-state index in [4.69, 9.17) is 0 Å². The van der Waals surface area contributed by atoms with Gasteiger partial charge in [0.05, 0.1) is 10.1 Å². The third kappa shape index (κ3) is 10.5. The molecule has 0 saturated carbocycles. The first-order chi connectivity index (χ1) is 3.06. The number of hydrogen-bond donors (Lipinski definition) is 0. The third-order valence-corrected chi connectivity index (χ3v) is 1.36. The summed E-state index contributed by atoms with van der Waals surface area (Å²) in [5.74, 6) is -0.243. The predicted molar refractivity (Wildman–Crippen MR) is 24.9 cm³/mol. The Bertz CT molecular complexity index is 127. The molecular formula is C3H7KO3S. The Labute approximate surface area is 92.0 Å². The molecule has 5 heteroatoms. The summed E-state index contributed by atoms with van der Waals surface area (Å²) in [6, 6.07) is 0. The van der Waals surface area contributed by atoms with E-state index in [1.165, 1.54) is 0 Å². The summed E-state index contributed by atoms with van der Waals surface area (Å²) in [5, 5.41) is 0. The van der Waals surface area contributed by atoms with Crippen LogP contribution in [0.15, 0.2) is 0 Å². The van der Waals surface area contributed by atoms with E-state index in [1.807, 2.05) is 0 Å². The van der Waals surface area contributed by atoms with Crippen molar-refractivity contribution >= 4 is 10.1 Å². The molecule has 0 saturated heterocycles. The smallest absolute Gasteiger partial charge is 0.748 e. The molecule has 0 amide bonds. The van der Waals surface area contributed by atoms with Crippen molar-refractivity contribution in [2.45, 2.75) is 13.3 Å². The minimum absolute atomic E-state index is 0. The largest absolute Gasteiger partial charge is 1.00 e. The van der Waals surface area contributed by atoms with Gasteiger partial charge in [-0.25, -0.2) is 8.42 Å². The maximum atomic E-state index is 9.68. The molecule has 0 rings (SSSR count). The van der Waals surface area contributed by atoms with Crippen molar-refractivity contribution in [1.82, 2.24) is 0 Å². The van der Waals surface area contributed by atoms with Crippen LogP contribution in [0.4, 0.5) is 0 Å². The summed E-state index contributed by atoms with van der Waals surface area (Å²) in [7, 11) is -3.92. The molecule has 0 aliphatic carbocycles.